The van der Waals surface area contributed by atoms with Crippen molar-refractivity contribution in [3.05, 3.63) is 50.8 Å². The van der Waals surface area contributed by atoms with Gasteiger partial charge in [0, 0.05) is 24.0 Å². The highest BCUT2D eigenvalue weighted by Crippen LogP contribution is 2.38. The molecule has 2 heterocycles. The number of nitrogens with zero attached hydrogens (tertiary/aromatic N) is 2. The summed E-state index contributed by atoms with van der Waals surface area (Å²) in [4.78, 5) is 36.2. The molecule has 5 N–H and O–H groups in total. The van der Waals surface area contributed by atoms with Crippen molar-refractivity contribution in [1.29, 1.82) is 0 Å². The second-order valence-corrected chi connectivity index (χ2v) is 11.4. The standard InChI is InChI=1S/C27H26Cl2F8N6O3/c28-16-6-1-11(9-39-24(45)21(38)27(35,36)37)20(29)14(16)8-19-41-17-7-15(25(43-22(17)42-19)46-10-18(30)31)23(44)40-13-4-2-12(3-5-13)26(32,33)34/h1,6-7,12-13,18,21H,2-5,8-10,38H2,(H,39,45)(H,40,44)(H,41,42,43). The van der Waals surface area contributed by atoms with E-state index in [4.69, 9.17) is 33.7 Å². The number of alkyl halides is 8. The van der Waals surface area contributed by atoms with Crippen molar-refractivity contribution in [1.82, 2.24) is 25.6 Å². The van der Waals surface area contributed by atoms with Crippen LogP contribution in [0.4, 0.5) is 35.1 Å². The lowest BCUT2D eigenvalue weighted by molar-refractivity contribution is -0.182. The lowest BCUT2D eigenvalue weighted by atomic mass is 9.85. The van der Waals surface area contributed by atoms with Gasteiger partial charge in [0.1, 0.15) is 11.4 Å². The molecular weight excluding hydrogens is 679 g/mol. The average molecular weight is 705 g/mol. The number of pyridine rings is 1. The van der Waals surface area contributed by atoms with Crippen LogP contribution in [0.2, 0.25) is 10.0 Å². The van der Waals surface area contributed by atoms with Crippen molar-refractivity contribution in [3.8, 4) is 5.88 Å². The molecule has 1 atom stereocenters. The molecule has 2 amide bonds. The lowest BCUT2D eigenvalue weighted by Crippen LogP contribution is -2.49. The van der Waals surface area contributed by atoms with Crippen LogP contribution in [0.5, 0.6) is 5.88 Å². The summed E-state index contributed by atoms with van der Waals surface area (Å²) in [5.41, 5.74) is 5.25. The number of nitrogens with two attached hydrogens (primary N) is 1. The molecule has 2 aromatic heterocycles. The quantitative estimate of drug-likeness (QED) is 0.196. The molecule has 1 aliphatic rings. The minimum atomic E-state index is -4.95. The van der Waals surface area contributed by atoms with Crippen LogP contribution < -0.4 is 21.1 Å². The number of benzene rings is 1. The Morgan fingerprint density at radius 1 is 1.07 bits per heavy atom. The van der Waals surface area contributed by atoms with Gasteiger partial charge < -0.3 is 26.1 Å². The van der Waals surface area contributed by atoms with Gasteiger partial charge in [-0.2, -0.15) is 31.3 Å². The van der Waals surface area contributed by atoms with E-state index in [0.717, 1.165) is 0 Å². The van der Waals surface area contributed by atoms with Crippen molar-refractivity contribution in [3.63, 3.8) is 0 Å². The predicted octanol–water partition coefficient (Wildman–Crippen LogP) is 5.86. The average Bonchev–Trinajstić information content (AvgIpc) is 3.37. The molecule has 1 fully saturated rings. The molecule has 1 aromatic carbocycles. The van der Waals surface area contributed by atoms with E-state index >= 15 is 0 Å². The first kappa shape index (κ1) is 35.4. The number of ether oxygens (including phenoxy) is 1. The second-order valence-electron chi connectivity index (χ2n) is 10.6. The maximum atomic E-state index is 13.1. The summed E-state index contributed by atoms with van der Waals surface area (Å²) in [6, 6.07) is 0.700. The fourth-order valence-electron chi connectivity index (χ4n) is 4.86. The number of amides is 2. The highest BCUT2D eigenvalue weighted by Gasteiger charge is 2.42. The summed E-state index contributed by atoms with van der Waals surface area (Å²) in [5, 5.41) is 4.82. The Kier molecular flexibility index (Phi) is 10.9. The monoisotopic (exact) mass is 704 g/mol. The zero-order chi connectivity index (χ0) is 34.0. The first-order valence-electron chi connectivity index (χ1n) is 13.7. The van der Waals surface area contributed by atoms with Crippen molar-refractivity contribution in [2.45, 2.75) is 69.5 Å². The zero-order valence-corrected chi connectivity index (χ0v) is 25.0. The summed E-state index contributed by atoms with van der Waals surface area (Å²) in [5.74, 6) is -4.03. The van der Waals surface area contributed by atoms with E-state index in [1.165, 1.54) is 18.2 Å². The molecule has 0 aliphatic heterocycles. The lowest BCUT2D eigenvalue weighted by Gasteiger charge is -2.30. The molecule has 9 nitrogen and oxygen atoms in total. The zero-order valence-electron chi connectivity index (χ0n) is 23.5. The molecule has 4 rings (SSSR count). The van der Waals surface area contributed by atoms with E-state index in [0.29, 0.717) is 0 Å². The second kappa shape index (κ2) is 14.1. The molecule has 0 bridgehead atoms. The van der Waals surface area contributed by atoms with Gasteiger partial charge in [0.05, 0.1) is 16.5 Å². The topological polar surface area (TPSA) is 135 Å². The van der Waals surface area contributed by atoms with Crippen LogP contribution in [-0.2, 0) is 17.8 Å². The van der Waals surface area contributed by atoms with Gasteiger partial charge in [0.25, 0.3) is 12.3 Å². The molecule has 252 valence electrons. The Bertz CT molecular complexity index is 1580. The largest absolute Gasteiger partial charge is 0.471 e. The van der Waals surface area contributed by atoms with E-state index < -0.39 is 67.6 Å². The maximum absolute atomic E-state index is 13.1. The van der Waals surface area contributed by atoms with E-state index in [9.17, 15) is 44.7 Å². The first-order chi connectivity index (χ1) is 21.4. The Labute approximate surface area is 265 Å². The van der Waals surface area contributed by atoms with E-state index in [-0.39, 0.29) is 75.8 Å². The van der Waals surface area contributed by atoms with Crippen LogP contribution in [-0.4, -0.2) is 64.2 Å². The Morgan fingerprint density at radius 2 is 1.74 bits per heavy atom. The van der Waals surface area contributed by atoms with Crippen molar-refractivity contribution in [2.75, 3.05) is 6.61 Å². The Balaban J connectivity index is 1.55. The van der Waals surface area contributed by atoms with Gasteiger partial charge in [0.2, 0.25) is 11.8 Å². The summed E-state index contributed by atoms with van der Waals surface area (Å²) in [6.07, 6.45) is -12.5. The third-order valence-electron chi connectivity index (χ3n) is 7.30. The van der Waals surface area contributed by atoms with E-state index in [1.54, 1.807) is 0 Å². The minimum Gasteiger partial charge on any atom is -0.471 e. The third-order valence-corrected chi connectivity index (χ3v) is 8.13. The number of carbonyl (C=O) groups excluding carboxylic acids is 2. The molecule has 0 saturated heterocycles. The summed E-state index contributed by atoms with van der Waals surface area (Å²) >= 11 is 12.8. The summed E-state index contributed by atoms with van der Waals surface area (Å²) < 4.78 is 108. The normalized spacial score (nSPS) is 18.1. The number of halogens is 10. The van der Waals surface area contributed by atoms with Crippen LogP contribution in [0.3, 0.4) is 0 Å². The van der Waals surface area contributed by atoms with Crippen LogP contribution in [0.1, 0.15) is 53.0 Å². The van der Waals surface area contributed by atoms with Gasteiger partial charge in [-0.15, -0.1) is 0 Å². The summed E-state index contributed by atoms with van der Waals surface area (Å²) in [7, 11) is 0. The number of aromatic nitrogens is 3. The SMILES string of the molecule is NC(C(=O)NCc1ccc(Cl)c(Cc2nc3nc(OCC(F)F)c(C(=O)NC4CCC(C(F)(F)F)CC4)cc3[nH]2)c1Cl)C(F)(F)F. The van der Waals surface area contributed by atoms with Crippen molar-refractivity contribution < 1.29 is 49.4 Å². The van der Waals surface area contributed by atoms with E-state index in [1.807, 2.05) is 0 Å². The number of H-pyrrole nitrogens is 1. The number of aromatic amines is 1. The number of imidazole rings is 1. The number of fused-ring (bicyclic) bond motifs is 1. The number of hydrogen-bond acceptors (Lipinski definition) is 6. The van der Waals surface area contributed by atoms with Crippen molar-refractivity contribution >= 4 is 46.2 Å². The van der Waals surface area contributed by atoms with Gasteiger partial charge in [-0.3, -0.25) is 9.59 Å². The van der Waals surface area contributed by atoms with E-state index in [2.05, 4.69) is 25.6 Å². The minimum absolute atomic E-state index is 0.00284. The number of hydrogen-bond donors (Lipinski definition) is 4. The highest BCUT2D eigenvalue weighted by atomic mass is 35.5. The summed E-state index contributed by atoms with van der Waals surface area (Å²) in [6.45, 7) is -1.51. The van der Waals surface area contributed by atoms with Gasteiger partial charge in [-0.05, 0) is 48.9 Å². The fraction of sp³-hybridized carbons (Fsp3) is 0.481. The van der Waals surface area contributed by atoms with Crippen LogP contribution in [0, 0.1) is 5.92 Å². The molecular formula is C27H26Cl2F8N6O3. The van der Waals surface area contributed by atoms with Crippen LogP contribution in [0.25, 0.3) is 11.2 Å². The Hall–Kier alpha value is -3.44. The highest BCUT2D eigenvalue weighted by molar-refractivity contribution is 6.36. The predicted molar refractivity (Wildman–Crippen MR) is 150 cm³/mol. The fourth-order valence-corrected chi connectivity index (χ4v) is 5.43. The number of carbonyl (C=O) groups is 2. The molecule has 19 heteroatoms. The first-order valence-corrected chi connectivity index (χ1v) is 14.4. The van der Waals surface area contributed by atoms with Gasteiger partial charge in [-0.1, -0.05) is 29.3 Å². The Morgan fingerprint density at radius 3 is 2.35 bits per heavy atom. The van der Waals surface area contributed by atoms with Crippen molar-refractivity contribution in [2.24, 2.45) is 11.7 Å². The van der Waals surface area contributed by atoms with Gasteiger partial charge in [0.15, 0.2) is 18.3 Å². The number of rotatable bonds is 10. The third kappa shape index (κ3) is 8.67. The molecule has 1 saturated carbocycles. The molecule has 0 spiro atoms. The van der Waals surface area contributed by atoms with Crippen LogP contribution in [0.15, 0.2) is 18.2 Å². The molecule has 1 unspecified atom stereocenters. The number of nitrogens with one attached hydrogen (secondary N) is 3. The molecule has 46 heavy (non-hydrogen) atoms. The van der Waals surface area contributed by atoms with Crippen LogP contribution >= 0.6 is 23.2 Å². The molecule has 3 aromatic rings. The van der Waals surface area contributed by atoms with Gasteiger partial charge in [-0.25, -0.2) is 13.8 Å². The maximum Gasteiger partial charge on any atom is 0.412 e. The smallest absolute Gasteiger partial charge is 0.412 e. The molecule has 1 aliphatic carbocycles. The molecule has 0 radical (unpaired) electrons. The van der Waals surface area contributed by atoms with Gasteiger partial charge >= 0.3 is 12.4 Å².